The summed E-state index contributed by atoms with van der Waals surface area (Å²) in [5, 5.41) is 1.58. The number of hydrogen-bond acceptors (Lipinski definition) is 4. The van der Waals surface area contributed by atoms with Gasteiger partial charge in [-0.1, -0.05) is 30.3 Å². The first-order valence-electron chi connectivity index (χ1n) is 8.63. The number of hydrogen-bond donors (Lipinski definition) is 1. The van der Waals surface area contributed by atoms with Gasteiger partial charge in [0.25, 0.3) is 0 Å². The van der Waals surface area contributed by atoms with Crippen LogP contribution in [0.4, 0.5) is 4.39 Å². The van der Waals surface area contributed by atoms with E-state index in [0.29, 0.717) is 6.42 Å². The Morgan fingerprint density at radius 3 is 2.39 bits per heavy atom. The molecule has 0 spiro atoms. The Kier molecular flexibility index (Phi) is 5.76. The summed E-state index contributed by atoms with van der Waals surface area (Å²) in [6, 6.07) is 14.7. The molecule has 0 saturated carbocycles. The van der Waals surface area contributed by atoms with Gasteiger partial charge in [-0.05, 0) is 65.2 Å². The minimum absolute atomic E-state index is 0.121. The molecule has 0 amide bonds. The van der Waals surface area contributed by atoms with Gasteiger partial charge in [-0.3, -0.25) is 4.79 Å². The van der Waals surface area contributed by atoms with Crippen molar-refractivity contribution in [3.8, 4) is 0 Å². The third-order valence-corrected chi connectivity index (χ3v) is 5.97. The van der Waals surface area contributed by atoms with Gasteiger partial charge in [0, 0.05) is 0 Å². The topological polar surface area (TPSA) is 72.5 Å². The average molecular weight is 401 g/mol. The van der Waals surface area contributed by atoms with Crippen LogP contribution in [0, 0.1) is 5.82 Å². The van der Waals surface area contributed by atoms with E-state index in [2.05, 4.69) is 4.72 Å². The Morgan fingerprint density at radius 1 is 1.04 bits per heavy atom. The van der Waals surface area contributed by atoms with Gasteiger partial charge in [0.2, 0.25) is 10.0 Å². The van der Waals surface area contributed by atoms with E-state index in [-0.39, 0.29) is 23.1 Å². The van der Waals surface area contributed by atoms with Crippen molar-refractivity contribution in [1.29, 1.82) is 0 Å². The van der Waals surface area contributed by atoms with Crippen LogP contribution < -0.4 is 4.72 Å². The molecule has 3 aromatic carbocycles. The largest absolute Gasteiger partial charge is 0.469 e. The molecule has 0 aromatic heterocycles. The number of carbonyl (C=O) groups is 1. The quantitative estimate of drug-likeness (QED) is 0.644. The van der Waals surface area contributed by atoms with Crippen molar-refractivity contribution >= 4 is 26.8 Å². The van der Waals surface area contributed by atoms with Crippen LogP contribution in [0.2, 0.25) is 0 Å². The standard InChI is InChI=1S/C21H20FNO4S/c1-23-28(25,26)19-7-3-14(4-8-19)9-17-11-15(12-21(24)27-2)10-16-5-6-18(22)13-20(16)17/h3-8,10-11,13,23H,9,12H2,1-2H3. The van der Waals surface area contributed by atoms with Crippen molar-refractivity contribution in [2.75, 3.05) is 14.2 Å². The minimum atomic E-state index is -3.50. The highest BCUT2D eigenvalue weighted by Crippen LogP contribution is 2.26. The number of methoxy groups -OCH3 is 1. The lowest BCUT2D eigenvalue weighted by molar-refractivity contribution is -0.139. The molecule has 0 saturated heterocycles. The van der Waals surface area contributed by atoms with Crippen LogP contribution in [0.1, 0.15) is 16.7 Å². The van der Waals surface area contributed by atoms with Crippen molar-refractivity contribution in [3.05, 3.63) is 77.1 Å². The molecule has 0 heterocycles. The fourth-order valence-electron chi connectivity index (χ4n) is 3.09. The van der Waals surface area contributed by atoms with Crippen LogP contribution in [0.5, 0.6) is 0 Å². The van der Waals surface area contributed by atoms with E-state index in [9.17, 15) is 17.6 Å². The molecule has 0 aliphatic heterocycles. The van der Waals surface area contributed by atoms with Crippen LogP contribution in [0.25, 0.3) is 10.8 Å². The summed E-state index contributed by atoms with van der Waals surface area (Å²) in [6.45, 7) is 0. The number of benzene rings is 3. The Hall–Kier alpha value is -2.77. The second-order valence-corrected chi connectivity index (χ2v) is 8.29. The number of esters is 1. The van der Waals surface area contributed by atoms with Gasteiger partial charge >= 0.3 is 5.97 Å². The maximum Gasteiger partial charge on any atom is 0.309 e. The van der Waals surface area contributed by atoms with Gasteiger partial charge in [0.1, 0.15) is 5.82 Å². The maximum atomic E-state index is 13.8. The number of sulfonamides is 1. The molecule has 28 heavy (non-hydrogen) atoms. The number of rotatable bonds is 6. The molecule has 3 aromatic rings. The van der Waals surface area contributed by atoms with E-state index in [1.165, 1.54) is 38.4 Å². The molecule has 0 fully saturated rings. The molecule has 0 aliphatic carbocycles. The first-order valence-corrected chi connectivity index (χ1v) is 10.1. The molecule has 1 N–H and O–H groups in total. The van der Waals surface area contributed by atoms with E-state index in [1.54, 1.807) is 18.2 Å². The molecular formula is C21H20FNO4S. The second kappa shape index (κ2) is 8.08. The Labute approximate surface area is 163 Å². The van der Waals surface area contributed by atoms with Gasteiger partial charge < -0.3 is 4.74 Å². The SMILES string of the molecule is CNS(=O)(=O)c1ccc(Cc2cc(CC(=O)OC)cc3ccc(F)cc23)cc1. The first-order chi connectivity index (χ1) is 13.3. The predicted octanol–water partition coefficient (Wildman–Crippen LogP) is 3.19. The lowest BCUT2D eigenvalue weighted by atomic mass is 9.95. The van der Waals surface area contributed by atoms with Crippen LogP contribution >= 0.6 is 0 Å². The van der Waals surface area contributed by atoms with Crippen LogP contribution in [0.15, 0.2) is 59.5 Å². The summed E-state index contributed by atoms with van der Waals surface area (Å²) in [4.78, 5) is 11.8. The number of carbonyl (C=O) groups excluding carboxylic acids is 1. The summed E-state index contributed by atoms with van der Waals surface area (Å²) in [7, 11) is -0.811. The summed E-state index contributed by atoms with van der Waals surface area (Å²) in [5.74, 6) is -0.695. The number of halogens is 1. The lowest BCUT2D eigenvalue weighted by Gasteiger charge is -2.11. The molecule has 0 aliphatic rings. The Bertz CT molecular complexity index is 1130. The molecule has 5 nitrogen and oxygen atoms in total. The number of nitrogens with one attached hydrogen (secondary N) is 1. The summed E-state index contributed by atoms with van der Waals surface area (Å²) < 4.78 is 44.5. The monoisotopic (exact) mass is 401 g/mol. The lowest BCUT2D eigenvalue weighted by Crippen LogP contribution is -2.18. The minimum Gasteiger partial charge on any atom is -0.469 e. The smallest absolute Gasteiger partial charge is 0.309 e. The maximum absolute atomic E-state index is 13.8. The molecule has 0 atom stereocenters. The van der Waals surface area contributed by atoms with Crippen LogP contribution in [-0.2, 0) is 32.4 Å². The van der Waals surface area contributed by atoms with Crippen molar-refractivity contribution in [1.82, 2.24) is 4.72 Å². The van der Waals surface area contributed by atoms with Gasteiger partial charge in [-0.15, -0.1) is 0 Å². The highest BCUT2D eigenvalue weighted by atomic mass is 32.2. The first kappa shape index (κ1) is 20.0. The summed E-state index contributed by atoms with van der Waals surface area (Å²) in [5.41, 5.74) is 2.49. The average Bonchev–Trinajstić information content (AvgIpc) is 2.69. The van der Waals surface area contributed by atoms with Crippen molar-refractivity contribution in [2.24, 2.45) is 0 Å². The van der Waals surface area contributed by atoms with Crippen molar-refractivity contribution in [3.63, 3.8) is 0 Å². The molecule has 3 rings (SSSR count). The molecule has 0 bridgehead atoms. The van der Waals surface area contributed by atoms with E-state index in [0.717, 1.165) is 27.5 Å². The molecule has 7 heteroatoms. The van der Waals surface area contributed by atoms with Crippen LogP contribution in [-0.4, -0.2) is 28.5 Å². The van der Waals surface area contributed by atoms with E-state index < -0.39 is 10.0 Å². The zero-order valence-corrected chi connectivity index (χ0v) is 16.3. The highest BCUT2D eigenvalue weighted by molar-refractivity contribution is 7.89. The van der Waals surface area contributed by atoms with E-state index in [1.807, 2.05) is 12.1 Å². The van der Waals surface area contributed by atoms with Gasteiger partial charge in [0.05, 0.1) is 18.4 Å². The van der Waals surface area contributed by atoms with Gasteiger partial charge in [0.15, 0.2) is 0 Å². The van der Waals surface area contributed by atoms with E-state index >= 15 is 0 Å². The fourth-order valence-corrected chi connectivity index (χ4v) is 3.82. The van der Waals surface area contributed by atoms with Crippen LogP contribution in [0.3, 0.4) is 0 Å². The summed E-state index contributed by atoms with van der Waals surface area (Å²) in [6.07, 6.45) is 0.588. The van der Waals surface area contributed by atoms with Crippen molar-refractivity contribution < 1.29 is 22.3 Å². The number of ether oxygens (including phenoxy) is 1. The summed E-state index contributed by atoms with van der Waals surface area (Å²) >= 11 is 0. The second-order valence-electron chi connectivity index (χ2n) is 6.40. The Morgan fingerprint density at radius 2 is 1.75 bits per heavy atom. The zero-order valence-electron chi connectivity index (χ0n) is 15.5. The predicted molar refractivity (Wildman–Crippen MR) is 105 cm³/mol. The molecule has 0 unspecified atom stereocenters. The number of fused-ring (bicyclic) bond motifs is 1. The zero-order chi connectivity index (χ0) is 20.3. The van der Waals surface area contributed by atoms with Crippen molar-refractivity contribution in [2.45, 2.75) is 17.7 Å². The Balaban J connectivity index is 2.01. The highest BCUT2D eigenvalue weighted by Gasteiger charge is 2.12. The molecule has 146 valence electrons. The van der Waals surface area contributed by atoms with E-state index in [4.69, 9.17) is 4.74 Å². The third kappa shape index (κ3) is 4.37. The van der Waals surface area contributed by atoms with Gasteiger partial charge in [-0.2, -0.15) is 0 Å². The normalized spacial score (nSPS) is 11.5. The fraction of sp³-hybridized carbons (Fsp3) is 0.190. The van der Waals surface area contributed by atoms with Gasteiger partial charge in [-0.25, -0.2) is 17.5 Å². The molecular weight excluding hydrogens is 381 g/mol. The molecule has 0 radical (unpaired) electrons. The third-order valence-electron chi connectivity index (χ3n) is 4.53.